The second-order valence-electron chi connectivity index (χ2n) is 4.69. The highest BCUT2D eigenvalue weighted by molar-refractivity contribution is 7.90. The predicted molar refractivity (Wildman–Crippen MR) is 66.2 cm³/mol. The molecule has 0 amide bonds. The summed E-state index contributed by atoms with van der Waals surface area (Å²) in [7, 11) is -3.18. The van der Waals surface area contributed by atoms with Crippen molar-refractivity contribution in [3.8, 4) is 0 Å². The fourth-order valence-electron chi connectivity index (χ4n) is 1.84. The van der Waals surface area contributed by atoms with Crippen molar-refractivity contribution in [2.24, 2.45) is 5.73 Å². The highest BCUT2D eigenvalue weighted by Gasteiger charge is 2.25. The quantitative estimate of drug-likeness (QED) is 0.873. The van der Waals surface area contributed by atoms with E-state index in [1.54, 1.807) is 12.1 Å². The van der Waals surface area contributed by atoms with Gasteiger partial charge in [0.1, 0.15) is 0 Å². The molecule has 0 bridgehead atoms. The molecule has 1 aromatic carbocycles. The van der Waals surface area contributed by atoms with Gasteiger partial charge >= 0.3 is 0 Å². The normalized spacial score (nSPS) is 12.8. The number of hydrogen-bond donors (Lipinski definition) is 1. The van der Waals surface area contributed by atoms with Gasteiger partial charge in [-0.05, 0) is 30.0 Å². The second-order valence-corrected chi connectivity index (χ2v) is 6.68. The van der Waals surface area contributed by atoms with Gasteiger partial charge in [0, 0.05) is 6.26 Å². The van der Waals surface area contributed by atoms with E-state index in [4.69, 9.17) is 5.73 Å². The first-order valence-corrected chi connectivity index (χ1v) is 7.18. The second kappa shape index (κ2) is 4.55. The third-order valence-electron chi connectivity index (χ3n) is 2.78. The minimum Gasteiger partial charge on any atom is -0.330 e. The maximum absolute atomic E-state index is 11.7. The average molecular weight is 241 g/mol. The van der Waals surface area contributed by atoms with Crippen LogP contribution in [0.25, 0.3) is 0 Å². The molecule has 1 aromatic rings. The zero-order valence-corrected chi connectivity index (χ0v) is 10.8. The summed E-state index contributed by atoms with van der Waals surface area (Å²) in [5, 5.41) is 0. The Hall–Kier alpha value is -0.870. The van der Waals surface area contributed by atoms with Crippen LogP contribution < -0.4 is 5.73 Å². The molecule has 0 heterocycles. The topological polar surface area (TPSA) is 60.2 Å². The lowest BCUT2D eigenvalue weighted by molar-refractivity contribution is 0.476. The first-order valence-electron chi connectivity index (χ1n) is 5.28. The number of rotatable bonds is 4. The van der Waals surface area contributed by atoms with Crippen LogP contribution in [0.3, 0.4) is 0 Å². The van der Waals surface area contributed by atoms with Crippen molar-refractivity contribution in [1.82, 2.24) is 0 Å². The van der Waals surface area contributed by atoms with Gasteiger partial charge in [-0.25, -0.2) is 8.42 Å². The Bertz CT molecular complexity index is 464. The molecule has 90 valence electrons. The maximum Gasteiger partial charge on any atom is 0.175 e. The van der Waals surface area contributed by atoms with Crippen molar-refractivity contribution in [2.45, 2.75) is 30.6 Å². The summed E-state index contributed by atoms with van der Waals surface area (Å²) in [5.41, 5.74) is 6.20. The Balaban J connectivity index is 3.35. The van der Waals surface area contributed by atoms with Gasteiger partial charge in [-0.3, -0.25) is 0 Å². The minimum absolute atomic E-state index is 0.214. The monoisotopic (exact) mass is 241 g/mol. The van der Waals surface area contributed by atoms with Gasteiger partial charge in [-0.2, -0.15) is 0 Å². The van der Waals surface area contributed by atoms with Crippen LogP contribution in [0.5, 0.6) is 0 Å². The molecule has 0 unspecified atom stereocenters. The zero-order valence-electron chi connectivity index (χ0n) is 10.0. The van der Waals surface area contributed by atoms with Crippen molar-refractivity contribution in [1.29, 1.82) is 0 Å². The van der Waals surface area contributed by atoms with Crippen molar-refractivity contribution in [3.63, 3.8) is 0 Å². The van der Waals surface area contributed by atoms with E-state index in [0.29, 0.717) is 11.4 Å². The molecule has 0 saturated heterocycles. The van der Waals surface area contributed by atoms with Crippen molar-refractivity contribution < 1.29 is 8.42 Å². The molecule has 3 nitrogen and oxygen atoms in total. The van der Waals surface area contributed by atoms with Crippen LogP contribution in [-0.4, -0.2) is 21.2 Å². The van der Waals surface area contributed by atoms with E-state index in [1.807, 2.05) is 26.0 Å². The molecule has 0 saturated carbocycles. The molecule has 0 atom stereocenters. The lowest BCUT2D eigenvalue weighted by Gasteiger charge is -2.26. The SMILES string of the molecule is CC(C)(CCN)c1ccccc1S(C)(=O)=O. The smallest absolute Gasteiger partial charge is 0.175 e. The predicted octanol–water partition coefficient (Wildman–Crippen LogP) is 1.72. The molecule has 1 rings (SSSR count). The largest absolute Gasteiger partial charge is 0.330 e. The van der Waals surface area contributed by atoms with E-state index in [1.165, 1.54) is 6.26 Å². The van der Waals surface area contributed by atoms with E-state index in [-0.39, 0.29) is 5.41 Å². The van der Waals surface area contributed by atoms with Crippen molar-refractivity contribution in [3.05, 3.63) is 29.8 Å². The Morgan fingerprint density at radius 2 is 1.81 bits per heavy atom. The number of benzene rings is 1. The summed E-state index contributed by atoms with van der Waals surface area (Å²) >= 11 is 0. The number of hydrogen-bond acceptors (Lipinski definition) is 3. The molecule has 16 heavy (non-hydrogen) atoms. The van der Waals surface area contributed by atoms with Crippen molar-refractivity contribution >= 4 is 9.84 Å². The highest BCUT2D eigenvalue weighted by Crippen LogP contribution is 2.31. The molecule has 0 spiro atoms. The molecule has 4 heteroatoms. The molecule has 0 fully saturated rings. The van der Waals surface area contributed by atoms with E-state index in [2.05, 4.69) is 0 Å². The summed E-state index contributed by atoms with van der Waals surface area (Å²) < 4.78 is 23.3. The van der Waals surface area contributed by atoms with Gasteiger partial charge < -0.3 is 5.73 Å². The molecule has 0 aromatic heterocycles. The van der Waals surface area contributed by atoms with E-state index < -0.39 is 9.84 Å². The van der Waals surface area contributed by atoms with Crippen LogP contribution in [0.15, 0.2) is 29.2 Å². The third-order valence-corrected chi connectivity index (χ3v) is 3.94. The van der Waals surface area contributed by atoms with Gasteiger partial charge in [0.25, 0.3) is 0 Å². The summed E-state index contributed by atoms with van der Waals surface area (Å²) in [6.07, 6.45) is 2.00. The summed E-state index contributed by atoms with van der Waals surface area (Å²) in [5.74, 6) is 0. The van der Waals surface area contributed by atoms with Crippen LogP contribution in [0.1, 0.15) is 25.8 Å². The fraction of sp³-hybridized carbons (Fsp3) is 0.500. The summed E-state index contributed by atoms with van der Waals surface area (Å²) in [4.78, 5) is 0.411. The first kappa shape index (κ1) is 13.2. The lowest BCUT2D eigenvalue weighted by Crippen LogP contribution is -2.24. The van der Waals surface area contributed by atoms with Crippen LogP contribution in [0, 0.1) is 0 Å². The molecule has 2 N–H and O–H groups in total. The van der Waals surface area contributed by atoms with Crippen LogP contribution in [0.4, 0.5) is 0 Å². The molecular weight excluding hydrogens is 222 g/mol. The standard InChI is InChI=1S/C12H19NO2S/c1-12(2,8-9-13)10-6-4-5-7-11(10)16(3,14)15/h4-7H,8-9,13H2,1-3H3. The minimum atomic E-state index is -3.18. The number of nitrogens with two attached hydrogens (primary N) is 1. The van der Waals surface area contributed by atoms with Crippen LogP contribution in [-0.2, 0) is 15.3 Å². The third kappa shape index (κ3) is 2.83. The molecule has 0 aliphatic carbocycles. The summed E-state index contributed by atoms with van der Waals surface area (Å²) in [6.45, 7) is 4.58. The Morgan fingerprint density at radius 3 is 2.31 bits per heavy atom. The van der Waals surface area contributed by atoms with Crippen LogP contribution in [0.2, 0.25) is 0 Å². The maximum atomic E-state index is 11.7. The summed E-state index contributed by atoms with van der Waals surface area (Å²) in [6, 6.07) is 7.13. The molecule has 0 aliphatic heterocycles. The van der Waals surface area contributed by atoms with Crippen LogP contribution >= 0.6 is 0 Å². The lowest BCUT2D eigenvalue weighted by atomic mass is 9.81. The van der Waals surface area contributed by atoms with Gasteiger partial charge in [0.05, 0.1) is 4.90 Å². The molecule has 0 radical (unpaired) electrons. The Labute approximate surface area is 97.6 Å². The number of sulfone groups is 1. The first-order chi connectivity index (χ1) is 7.29. The zero-order chi connectivity index (χ0) is 12.4. The van der Waals surface area contributed by atoms with E-state index in [0.717, 1.165) is 12.0 Å². The Kier molecular flexibility index (Phi) is 3.76. The van der Waals surface area contributed by atoms with E-state index in [9.17, 15) is 8.42 Å². The van der Waals surface area contributed by atoms with E-state index >= 15 is 0 Å². The van der Waals surface area contributed by atoms with Gasteiger partial charge in [-0.1, -0.05) is 32.0 Å². The fourth-order valence-corrected chi connectivity index (χ4v) is 2.91. The van der Waals surface area contributed by atoms with Gasteiger partial charge in [0.15, 0.2) is 9.84 Å². The van der Waals surface area contributed by atoms with Crippen molar-refractivity contribution in [2.75, 3.05) is 12.8 Å². The van der Waals surface area contributed by atoms with Gasteiger partial charge in [0.2, 0.25) is 0 Å². The molecular formula is C12H19NO2S. The van der Waals surface area contributed by atoms with Gasteiger partial charge in [-0.15, -0.1) is 0 Å². The average Bonchev–Trinajstić information content (AvgIpc) is 2.16. The Morgan fingerprint density at radius 1 is 1.25 bits per heavy atom. The molecule has 0 aliphatic rings. The highest BCUT2D eigenvalue weighted by atomic mass is 32.2.